The molecule has 0 aromatic carbocycles. The Morgan fingerprint density at radius 1 is 1.29 bits per heavy atom. The van der Waals surface area contributed by atoms with E-state index in [4.69, 9.17) is 10.5 Å². The van der Waals surface area contributed by atoms with Crippen molar-refractivity contribution < 1.29 is 17.9 Å². The number of nitrogens with two attached hydrogens (primary N) is 1. The van der Waals surface area contributed by atoms with Crippen LogP contribution in [-0.2, 0) is 0 Å². The zero-order valence-electron chi connectivity index (χ0n) is 9.32. The molecular formula is C8H12F3N5O. The Morgan fingerprint density at radius 2 is 1.94 bits per heavy atom. The summed E-state index contributed by atoms with van der Waals surface area (Å²) < 4.78 is 41.5. The first-order valence-electron chi connectivity index (χ1n) is 4.74. The van der Waals surface area contributed by atoms with Crippen molar-refractivity contribution in [3.8, 4) is 6.01 Å². The zero-order chi connectivity index (χ0) is 13.1. The maximum Gasteiger partial charge on any atom is 0.406 e. The van der Waals surface area contributed by atoms with Crippen molar-refractivity contribution in [2.24, 2.45) is 0 Å². The topological polar surface area (TPSA) is 77.2 Å². The van der Waals surface area contributed by atoms with Crippen LogP contribution < -0.4 is 15.4 Å². The molecule has 0 unspecified atom stereocenters. The van der Waals surface area contributed by atoms with E-state index in [9.17, 15) is 13.2 Å². The lowest BCUT2D eigenvalue weighted by Gasteiger charge is -2.18. The molecule has 2 N–H and O–H groups in total. The minimum Gasteiger partial charge on any atom is -0.464 e. The molecule has 0 aliphatic heterocycles. The highest BCUT2D eigenvalue weighted by Gasteiger charge is 2.30. The molecule has 6 nitrogen and oxygen atoms in total. The van der Waals surface area contributed by atoms with Gasteiger partial charge < -0.3 is 15.4 Å². The summed E-state index contributed by atoms with van der Waals surface area (Å²) in [6.07, 6.45) is -4.35. The van der Waals surface area contributed by atoms with Gasteiger partial charge in [-0.25, -0.2) is 0 Å². The standard InChI is InChI=1S/C8H12F3N5O/c1-3-17-7-14-5(12)13-6(15-7)16(2)4-8(9,10)11/h3-4H2,1-2H3,(H2,12,13,14,15). The van der Waals surface area contributed by atoms with Gasteiger partial charge in [-0.1, -0.05) is 0 Å². The van der Waals surface area contributed by atoms with Gasteiger partial charge in [-0.2, -0.15) is 28.1 Å². The average molecular weight is 251 g/mol. The van der Waals surface area contributed by atoms with E-state index in [-0.39, 0.29) is 24.5 Å². The fraction of sp³-hybridized carbons (Fsp3) is 0.625. The van der Waals surface area contributed by atoms with Crippen LogP contribution in [-0.4, -0.2) is 41.3 Å². The van der Waals surface area contributed by atoms with Gasteiger partial charge in [0.25, 0.3) is 0 Å². The van der Waals surface area contributed by atoms with Crippen LogP contribution in [0.1, 0.15) is 6.92 Å². The van der Waals surface area contributed by atoms with Crippen molar-refractivity contribution in [2.75, 3.05) is 30.8 Å². The summed E-state index contributed by atoms with van der Waals surface area (Å²) in [5.41, 5.74) is 5.34. The first-order valence-corrected chi connectivity index (χ1v) is 4.74. The molecule has 1 aromatic rings. The maximum atomic E-state index is 12.2. The number of hydrogen-bond donors (Lipinski definition) is 1. The molecule has 0 spiro atoms. The number of halogens is 3. The van der Waals surface area contributed by atoms with Crippen molar-refractivity contribution in [1.82, 2.24) is 15.0 Å². The first kappa shape index (κ1) is 13.3. The molecule has 9 heteroatoms. The lowest BCUT2D eigenvalue weighted by Crippen LogP contribution is -2.32. The van der Waals surface area contributed by atoms with Crippen LogP contribution in [0, 0.1) is 0 Å². The Labute approximate surface area is 95.6 Å². The van der Waals surface area contributed by atoms with E-state index in [0.29, 0.717) is 0 Å². The number of anilines is 2. The molecule has 1 rings (SSSR count). The van der Waals surface area contributed by atoms with Gasteiger partial charge in [0.2, 0.25) is 11.9 Å². The van der Waals surface area contributed by atoms with Gasteiger partial charge in [-0.3, -0.25) is 0 Å². The van der Waals surface area contributed by atoms with Crippen LogP contribution in [0.2, 0.25) is 0 Å². The van der Waals surface area contributed by atoms with Gasteiger partial charge in [0.1, 0.15) is 6.54 Å². The van der Waals surface area contributed by atoms with Crippen LogP contribution in [0.5, 0.6) is 6.01 Å². The third-order valence-corrected chi connectivity index (χ3v) is 1.65. The third kappa shape index (κ3) is 4.29. The minimum absolute atomic E-state index is 0.0935. The smallest absolute Gasteiger partial charge is 0.406 e. The van der Waals surface area contributed by atoms with Crippen LogP contribution >= 0.6 is 0 Å². The SMILES string of the molecule is CCOc1nc(N)nc(N(C)CC(F)(F)F)n1. The summed E-state index contributed by atoms with van der Waals surface area (Å²) in [5.74, 6) is -0.370. The largest absolute Gasteiger partial charge is 0.464 e. The number of nitrogen functional groups attached to an aromatic ring is 1. The van der Waals surface area contributed by atoms with Crippen LogP contribution in [0.25, 0.3) is 0 Å². The summed E-state index contributed by atoms with van der Waals surface area (Å²) in [6, 6.07) is -0.0935. The number of nitrogens with zero attached hydrogens (tertiary/aromatic N) is 4. The lowest BCUT2D eigenvalue weighted by molar-refractivity contribution is -0.119. The average Bonchev–Trinajstić information content (AvgIpc) is 2.14. The second-order valence-corrected chi connectivity index (χ2v) is 3.18. The van der Waals surface area contributed by atoms with Crippen molar-refractivity contribution in [3.05, 3.63) is 0 Å². The summed E-state index contributed by atoms with van der Waals surface area (Å²) in [5, 5.41) is 0. The molecular weight excluding hydrogens is 239 g/mol. The van der Waals surface area contributed by atoms with Crippen molar-refractivity contribution in [1.29, 1.82) is 0 Å². The molecule has 0 bridgehead atoms. The zero-order valence-corrected chi connectivity index (χ0v) is 9.32. The van der Waals surface area contributed by atoms with Gasteiger partial charge in [-0.05, 0) is 6.92 Å². The van der Waals surface area contributed by atoms with Gasteiger partial charge >= 0.3 is 12.2 Å². The van der Waals surface area contributed by atoms with Gasteiger partial charge in [0, 0.05) is 7.05 Å². The van der Waals surface area contributed by atoms with Crippen LogP contribution in [0.3, 0.4) is 0 Å². The molecule has 1 heterocycles. The molecule has 96 valence electrons. The summed E-state index contributed by atoms with van der Waals surface area (Å²) in [6.45, 7) is 0.799. The van der Waals surface area contributed by atoms with Gasteiger partial charge in [-0.15, -0.1) is 0 Å². The fourth-order valence-electron chi connectivity index (χ4n) is 1.06. The van der Waals surface area contributed by atoms with Crippen LogP contribution in [0.15, 0.2) is 0 Å². The van der Waals surface area contributed by atoms with E-state index in [1.165, 1.54) is 7.05 Å². The Bertz CT molecular complexity index is 384. The second-order valence-electron chi connectivity index (χ2n) is 3.18. The maximum absolute atomic E-state index is 12.2. The number of aromatic nitrogens is 3. The molecule has 17 heavy (non-hydrogen) atoms. The van der Waals surface area contributed by atoms with Crippen molar-refractivity contribution in [3.63, 3.8) is 0 Å². The van der Waals surface area contributed by atoms with E-state index in [2.05, 4.69) is 15.0 Å². The Morgan fingerprint density at radius 3 is 2.47 bits per heavy atom. The minimum atomic E-state index is -4.35. The monoisotopic (exact) mass is 251 g/mol. The number of ether oxygens (including phenoxy) is 1. The summed E-state index contributed by atoms with van der Waals surface area (Å²) in [7, 11) is 1.21. The highest BCUT2D eigenvalue weighted by atomic mass is 19.4. The summed E-state index contributed by atoms with van der Waals surface area (Å²) in [4.78, 5) is 11.8. The number of alkyl halides is 3. The van der Waals surface area contributed by atoms with Gasteiger partial charge in [0.15, 0.2) is 0 Å². The molecule has 1 aromatic heterocycles. The predicted molar refractivity (Wildman–Crippen MR) is 54.7 cm³/mol. The van der Waals surface area contributed by atoms with E-state index in [1.54, 1.807) is 6.92 Å². The summed E-state index contributed by atoms with van der Waals surface area (Å²) >= 11 is 0. The second kappa shape index (κ2) is 5.02. The molecule has 0 amide bonds. The third-order valence-electron chi connectivity index (χ3n) is 1.65. The van der Waals surface area contributed by atoms with Gasteiger partial charge in [0.05, 0.1) is 6.61 Å². The molecule has 0 fully saturated rings. The molecule has 0 saturated heterocycles. The van der Waals surface area contributed by atoms with Crippen molar-refractivity contribution >= 4 is 11.9 Å². The highest BCUT2D eigenvalue weighted by molar-refractivity contribution is 5.35. The normalized spacial score (nSPS) is 11.4. The Balaban J connectivity index is 2.89. The predicted octanol–water partition coefficient (Wildman–Crippen LogP) is 0.851. The highest BCUT2D eigenvalue weighted by Crippen LogP contribution is 2.19. The molecule has 0 aliphatic rings. The molecule has 0 saturated carbocycles. The number of rotatable bonds is 4. The van der Waals surface area contributed by atoms with E-state index < -0.39 is 12.7 Å². The van der Waals surface area contributed by atoms with Crippen LogP contribution in [0.4, 0.5) is 25.1 Å². The fourth-order valence-corrected chi connectivity index (χ4v) is 1.06. The van der Waals surface area contributed by atoms with Crippen molar-refractivity contribution in [2.45, 2.75) is 13.1 Å². The first-order chi connectivity index (χ1) is 7.81. The quantitative estimate of drug-likeness (QED) is 0.854. The Kier molecular flexibility index (Phi) is 3.92. The number of hydrogen-bond acceptors (Lipinski definition) is 6. The lowest BCUT2D eigenvalue weighted by atomic mass is 10.5. The molecule has 0 aliphatic carbocycles. The van der Waals surface area contributed by atoms with E-state index >= 15 is 0 Å². The van der Waals surface area contributed by atoms with E-state index in [0.717, 1.165) is 4.90 Å². The van der Waals surface area contributed by atoms with E-state index in [1.807, 2.05) is 0 Å². The Hall–Kier alpha value is -1.80. The molecule has 0 radical (unpaired) electrons. The molecule has 0 atom stereocenters.